The Balaban J connectivity index is 1.87. The van der Waals surface area contributed by atoms with Crippen LogP contribution in [0, 0.1) is 5.92 Å². The van der Waals surface area contributed by atoms with Gasteiger partial charge in [-0.05, 0) is 62.5 Å². The molecule has 126 valence electrons. The second-order valence-electron chi connectivity index (χ2n) is 6.97. The molecule has 1 unspecified atom stereocenters. The van der Waals surface area contributed by atoms with E-state index in [1.807, 2.05) is 18.2 Å². The number of benzene rings is 1. The second kappa shape index (κ2) is 6.72. The highest BCUT2D eigenvalue weighted by Gasteiger charge is 2.42. The average Bonchev–Trinajstić information content (AvgIpc) is 2.67. The highest BCUT2D eigenvalue weighted by Crippen LogP contribution is 2.45. The fourth-order valence-corrected chi connectivity index (χ4v) is 3.77. The zero-order valence-electron chi connectivity index (χ0n) is 14.9. The fraction of sp³-hybridized carbons (Fsp3) is 0.364. The maximum atomic E-state index is 6.42. The van der Waals surface area contributed by atoms with Crippen molar-refractivity contribution in [3.63, 3.8) is 0 Å². The molecule has 24 heavy (non-hydrogen) atoms. The normalized spacial score (nSPS) is 26.3. The van der Waals surface area contributed by atoms with Crippen molar-refractivity contribution >= 4 is 5.69 Å². The van der Waals surface area contributed by atoms with Crippen LogP contribution in [0.3, 0.4) is 0 Å². The Labute approximate surface area is 145 Å². The van der Waals surface area contributed by atoms with Gasteiger partial charge in [-0.25, -0.2) is 0 Å². The van der Waals surface area contributed by atoms with E-state index < -0.39 is 0 Å². The molecule has 0 spiro atoms. The number of hydrogen-bond acceptors (Lipinski definition) is 2. The van der Waals surface area contributed by atoms with Crippen LogP contribution in [-0.2, 0) is 11.2 Å². The number of nitrogens with two attached hydrogens (primary N) is 1. The summed E-state index contributed by atoms with van der Waals surface area (Å²) < 4.78 is 6.42. The van der Waals surface area contributed by atoms with Crippen LogP contribution in [0.2, 0.25) is 0 Å². The van der Waals surface area contributed by atoms with Crippen LogP contribution >= 0.6 is 0 Å². The molecule has 1 aliphatic heterocycles. The lowest BCUT2D eigenvalue weighted by Gasteiger charge is -2.27. The maximum absolute atomic E-state index is 6.42. The minimum atomic E-state index is -0.229. The van der Waals surface area contributed by atoms with Crippen molar-refractivity contribution in [2.75, 3.05) is 5.73 Å². The number of hydrogen-bond donors (Lipinski definition) is 1. The van der Waals surface area contributed by atoms with Gasteiger partial charge in [0.2, 0.25) is 0 Å². The Morgan fingerprint density at radius 1 is 1.33 bits per heavy atom. The molecular formula is C22H27NO. The number of nitrogen functional groups attached to an aromatic ring is 1. The van der Waals surface area contributed by atoms with Gasteiger partial charge < -0.3 is 10.5 Å². The summed E-state index contributed by atoms with van der Waals surface area (Å²) in [6, 6.07) is 8.07. The molecular weight excluding hydrogens is 294 g/mol. The summed E-state index contributed by atoms with van der Waals surface area (Å²) in [6.45, 7) is 6.58. The molecule has 0 saturated heterocycles. The van der Waals surface area contributed by atoms with Gasteiger partial charge in [0.25, 0.3) is 0 Å². The number of anilines is 1. The predicted octanol–water partition coefficient (Wildman–Crippen LogP) is 5.34. The van der Waals surface area contributed by atoms with Crippen molar-refractivity contribution < 1.29 is 4.74 Å². The van der Waals surface area contributed by atoms with Crippen molar-refractivity contribution in [1.82, 2.24) is 0 Å². The monoisotopic (exact) mass is 321 g/mol. The molecule has 0 bridgehead atoms. The van der Waals surface area contributed by atoms with Gasteiger partial charge in [0.1, 0.15) is 11.4 Å². The molecule has 3 rings (SSSR count). The van der Waals surface area contributed by atoms with Crippen LogP contribution in [0.1, 0.15) is 39.2 Å². The predicted molar refractivity (Wildman–Crippen MR) is 102 cm³/mol. The lowest BCUT2D eigenvalue weighted by molar-refractivity contribution is 0.0617. The molecule has 2 aliphatic rings. The summed E-state index contributed by atoms with van der Waals surface area (Å²) in [7, 11) is 0. The van der Waals surface area contributed by atoms with Gasteiger partial charge in [-0.1, -0.05) is 48.9 Å². The summed E-state index contributed by atoms with van der Waals surface area (Å²) in [5, 5.41) is 0. The van der Waals surface area contributed by atoms with E-state index in [4.69, 9.17) is 10.5 Å². The van der Waals surface area contributed by atoms with Crippen molar-refractivity contribution in [2.24, 2.45) is 5.92 Å². The van der Waals surface area contributed by atoms with Crippen LogP contribution in [0.4, 0.5) is 5.69 Å². The van der Waals surface area contributed by atoms with E-state index in [2.05, 4.69) is 57.2 Å². The maximum Gasteiger partial charge on any atom is 0.132 e. The summed E-state index contributed by atoms with van der Waals surface area (Å²) in [5.74, 6) is 1.48. The quantitative estimate of drug-likeness (QED) is 0.759. The molecule has 0 saturated carbocycles. The second-order valence-corrected chi connectivity index (χ2v) is 6.97. The molecule has 1 aliphatic carbocycles. The Morgan fingerprint density at radius 2 is 2.12 bits per heavy atom. The Bertz CT molecular complexity index is 738. The largest absolute Gasteiger partial charge is 0.483 e. The van der Waals surface area contributed by atoms with E-state index in [1.54, 1.807) is 0 Å². The summed E-state index contributed by atoms with van der Waals surface area (Å²) in [6.07, 6.45) is 13.8. The molecule has 1 heterocycles. The van der Waals surface area contributed by atoms with E-state index in [1.165, 1.54) is 16.7 Å². The zero-order chi connectivity index (χ0) is 17.2. The Kier molecular flexibility index (Phi) is 4.66. The van der Waals surface area contributed by atoms with Crippen molar-refractivity contribution in [3.05, 3.63) is 77.1 Å². The molecule has 2 atom stereocenters. The van der Waals surface area contributed by atoms with Gasteiger partial charge in [-0.15, -0.1) is 0 Å². The minimum Gasteiger partial charge on any atom is -0.483 e. The molecule has 0 aromatic heterocycles. The van der Waals surface area contributed by atoms with Crippen molar-refractivity contribution in [2.45, 2.75) is 45.6 Å². The highest BCUT2D eigenvalue weighted by molar-refractivity contribution is 5.48. The average molecular weight is 321 g/mol. The van der Waals surface area contributed by atoms with Gasteiger partial charge in [-0.2, -0.15) is 0 Å². The summed E-state index contributed by atoms with van der Waals surface area (Å²) in [4.78, 5) is 0. The van der Waals surface area contributed by atoms with Crippen LogP contribution in [0.5, 0.6) is 0 Å². The topological polar surface area (TPSA) is 35.2 Å². The summed E-state index contributed by atoms with van der Waals surface area (Å²) >= 11 is 0. The fourth-order valence-electron chi connectivity index (χ4n) is 3.77. The highest BCUT2D eigenvalue weighted by atomic mass is 16.5. The Morgan fingerprint density at radius 3 is 2.88 bits per heavy atom. The van der Waals surface area contributed by atoms with E-state index in [-0.39, 0.29) is 5.60 Å². The lowest BCUT2D eigenvalue weighted by Crippen LogP contribution is -2.30. The molecule has 1 aromatic rings. The molecule has 1 aromatic carbocycles. The number of ether oxygens (including phenoxy) is 1. The first-order chi connectivity index (χ1) is 11.5. The smallest absolute Gasteiger partial charge is 0.132 e. The van der Waals surface area contributed by atoms with Crippen LogP contribution < -0.4 is 5.73 Å². The first-order valence-corrected chi connectivity index (χ1v) is 8.80. The molecule has 0 fully saturated rings. The third-order valence-electron chi connectivity index (χ3n) is 5.09. The molecule has 0 radical (unpaired) electrons. The number of rotatable bonds is 4. The van der Waals surface area contributed by atoms with Gasteiger partial charge in [0.15, 0.2) is 0 Å². The van der Waals surface area contributed by atoms with Crippen LogP contribution in [-0.4, -0.2) is 5.60 Å². The lowest BCUT2D eigenvalue weighted by atomic mass is 9.82. The van der Waals surface area contributed by atoms with E-state index in [0.29, 0.717) is 5.92 Å². The molecule has 2 nitrogen and oxygen atoms in total. The first kappa shape index (κ1) is 16.6. The van der Waals surface area contributed by atoms with E-state index in [0.717, 1.165) is 30.7 Å². The zero-order valence-corrected chi connectivity index (χ0v) is 14.9. The van der Waals surface area contributed by atoms with Gasteiger partial charge >= 0.3 is 0 Å². The molecule has 0 amide bonds. The minimum absolute atomic E-state index is 0.229. The summed E-state index contributed by atoms with van der Waals surface area (Å²) in [5.41, 5.74) is 10.6. The van der Waals surface area contributed by atoms with Crippen molar-refractivity contribution in [1.29, 1.82) is 0 Å². The van der Waals surface area contributed by atoms with Crippen molar-refractivity contribution in [3.8, 4) is 0 Å². The number of para-hydroxylation sites is 1. The SMILES string of the molecule is CCC1=C(/C=C(\C)Cc2ccccc2N)O[C@]2(C)C=CC=CCC12. The van der Waals surface area contributed by atoms with E-state index in [9.17, 15) is 0 Å². The molecule has 2 N–H and O–H groups in total. The third-order valence-corrected chi connectivity index (χ3v) is 5.09. The van der Waals surface area contributed by atoms with Crippen LogP contribution in [0.15, 0.2) is 71.6 Å². The standard InChI is InChI=1S/C22H27NO/c1-4-18-19-11-6-5-9-13-22(19,3)24-21(18)15-16(2)14-17-10-7-8-12-20(17)23/h5-10,12-13,15,19H,4,11,14,23H2,1-3H3/b16-15+/t19?,22-/m1/s1. The Hall–Kier alpha value is -2.22. The third kappa shape index (κ3) is 3.19. The van der Waals surface area contributed by atoms with Gasteiger partial charge in [-0.3, -0.25) is 0 Å². The first-order valence-electron chi connectivity index (χ1n) is 8.80. The van der Waals surface area contributed by atoms with Gasteiger partial charge in [0, 0.05) is 11.6 Å². The van der Waals surface area contributed by atoms with Gasteiger partial charge in [0.05, 0.1) is 0 Å². The van der Waals surface area contributed by atoms with E-state index >= 15 is 0 Å². The number of fused-ring (bicyclic) bond motifs is 1. The van der Waals surface area contributed by atoms with Crippen LogP contribution in [0.25, 0.3) is 0 Å². The molecule has 2 heteroatoms. The number of allylic oxidation sites excluding steroid dienone is 5.